The molecule has 0 aromatic heterocycles. The number of sulfonamides is 1. The molecule has 0 aliphatic carbocycles. The Kier molecular flexibility index (Phi) is 6.80. The number of hydrogen-bond acceptors (Lipinski definition) is 3. The van der Waals surface area contributed by atoms with Crippen molar-refractivity contribution in [2.24, 2.45) is 0 Å². The van der Waals surface area contributed by atoms with Crippen LogP contribution in [0.5, 0.6) is 0 Å². The summed E-state index contributed by atoms with van der Waals surface area (Å²) in [6.07, 6.45) is 1.82. The first kappa shape index (κ1) is 20.0. The molecule has 0 spiro atoms. The summed E-state index contributed by atoms with van der Waals surface area (Å²) in [5.41, 5.74) is 2.53. The fourth-order valence-corrected chi connectivity index (χ4v) is 3.94. The fraction of sp³-hybridized carbons (Fsp3) is 0.350. The minimum Gasteiger partial charge on any atom is -0.355 e. The van der Waals surface area contributed by atoms with Gasteiger partial charge in [0.15, 0.2) is 0 Å². The monoisotopic (exact) mass is 374 g/mol. The second-order valence-corrected chi connectivity index (χ2v) is 8.16. The lowest BCUT2D eigenvalue weighted by molar-refractivity contribution is -0.119. The molecular weight excluding hydrogens is 348 g/mol. The predicted molar refractivity (Wildman–Crippen MR) is 105 cm³/mol. The van der Waals surface area contributed by atoms with E-state index in [1.54, 1.807) is 42.5 Å². The number of unbranched alkanes of at least 4 members (excludes halogenated alkanes) is 1. The lowest BCUT2D eigenvalue weighted by atomic mass is 10.1. The minimum atomic E-state index is -3.84. The molecule has 0 bridgehead atoms. The zero-order valence-electron chi connectivity index (χ0n) is 15.5. The Morgan fingerprint density at radius 1 is 1.04 bits per heavy atom. The van der Waals surface area contributed by atoms with Crippen LogP contribution in [-0.4, -0.2) is 27.4 Å². The standard InChI is InChI=1S/C20H26N2O3S/c1-4-5-13-21-20(23)15-22(18-12-11-16(2)17(3)14-18)26(24,25)19-9-7-6-8-10-19/h6-12,14H,4-5,13,15H2,1-3H3,(H,21,23). The van der Waals surface area contributed by atoms with E-state index in [0.29, 0.717) is 12.2 Å². The van der Waals surface area contributed by atoms with Gasteiger partial charge >= 0.3 is 0 Å². The highest BCUT2D eigenvalue weighted by Crippen LogP contribution is 2.25. The molecule has 1 amide bonds. The molecule has 0 radical (unpaired) electrons. The molecule has 140 valence electrons. The summed E-state index contributed by atoms with van der Waals surface area (Å²) in [6.45, 7) is 6.22. The number of aryl methyl sites for hydroxylation is 2. The van der Waals surface area contributed by atoms with Crippen molar-refractivity contribution in [3.05, 3.63) is 59.7 Å². The van der Waals surface area contributed by atoms with Crippen molar-refractivity contribution in [2.75, 3.05) is 17.4 Å². The molecule has 0 heterocycles. The van der Waals surface area contributed by atoms with Crippen LogP contribution in [0, 0.1) is 13.8 Å². The van der Waals surface area contributed by atoms with Crippen molar-refractivity contribution >= 4 is 21.6 Å². The van der Waals surface area contributed by atoms with Gasteiger partial charge in [0, 0.05) is 6.54 Å². The van der Waals surface area contributed by atoms with Gasteiger partial charge in [-0.3, -0.25) is 9.10 Å². The van der Waals surface area contributed by atoms with Gasteiger partial charge in [-0.15, -0.1) is 0 Å². The second-order valence-electron chi connectivity index (χ2n) is 6.30. The molecule has 2 rings (SSSR count). The minimum absolute atomic E-state index is 0.166. The van der Waals surface area contributed by atoms with Gasteiger partial charge in [0.05, 0.1) is 10.6 Å². The number of anilines is 1. The van der Waals surface area contributed by atoms with Crippen LogP contribution in [0.15, 0.2) is 53.4 Å². The average molecular weight is 375 g/mol. The molecule has 0 aliphatic heterocycles. The van der Waals surface area contributed by atoms with E-state index >= 15 is 0 Å². The largest absolute Gasteiger partial charge is 0.355 e. The summed E-state index contributed by atoms with van der Waals surface area (Å²) in [5, 5.41) is 2.79. The van der Waals surface area contributed by atoms with E-state index in [4.69, 9.17) is 0 Å². The van der Waals surface area contributed by atoms with E-state index < -0.39 is 10.0 Å². The van der Waals surface area contributed by atoms with E-state index in [0.717, 1.165) is 24.0 Å². The summed E-state index contributed by atoms with van der Waals surface area (Å²) in [5.74, 6) is -0.309. The van der Waals surface area contributed by atoms with Crippen molar-refractivity contribution < 1.29 is 13.2 Å². The summed E-state index contributed by atoms with van der Waals surface area (Å²) >= 11 is 0. The molecule has 0 saturated carbocycles. The number of rotatable bonds is 8. The molecule has 0 saturated heterocycles. The lowest BCUT2D eigenvalue weighted by Crippen LogP contribution is -2.41. The highest BCUT2D eigenvalue weighted by atomic mass is 32.2. The molecule has 0 aliphatic rings. The number of hydrogen-bond donors (Lipinski definition) is 1. The van der Waals surface area contributed by atoms with E-state index in [1.807, 2.05) is 26.8 Å². The van der Waals surface area contributed by atoms with Gasteiger partial charge in [0.2, 0.25) is 5.91 Å². The first-order valence-electron chi connectivity index (χ1n) is 8.78. The van der Waals surface area contributed by atoms with E-state index in [2.05, 4.69) is 5.32 Å². The van der Waals surface area contributed by atoms with Gasteiger partial charge in [-0.2, -0.15) is 0 Å². The normalized spacial score (nSPS) is 11.2. The molecular formula is C20H26N2O3S. The quantitative estimate of drug-likeness (QED) is 0.720. The summed E-state index contributed by atoms with van der Waals surface area (Å²) in [6, 6.07) is 13.6. The maximum absolute atomic E-state index is 13.1. The van der Waals surface area contributed by atoms with Crippen LogP contribution in [-0.2, 0) is 14.8 Å². The number of carbonyl (C=O) groups excluding carboxylic acids is 1. The van der Waals surface area contributed by atoms with Crippen LogP contribution in [0.2, 0.25) is 0 Å². The zero-order chi connectivity index (χ0) is 19.2. The Hall–Kier alpha value is -2.34. The molecule has 5 nitrogen and oxygen atoms in total. The summed E-state index contributed by atoms with van der Waals surface area (Å²) in [4.78, 5) is 12.5. The predicted octanol–water partition coefficient (Wildman–Crippen LogP) is 3.42. The Morgan fingerprint density at radius 3 is 2.35 bits per heavy atom. The van der Waals surface area contributed by atoms with Crippen molar-refractivity contribution in [1.82, 2.24) is 5.32 Å². The Labute approximate surface area is 156 Å². The van der Waals surface area contributed by atoms with Crippen LogP contribution in [0.1, 0.15) is 30.9 Å². The summed E-state index contributed by atoms with van der Waals surface area (Å²) < 4.78 is 27.5. The zero-order valence-corrected chi connectivity index (χ0v) is 16.3. The first-order valence-corrected chi connectivity index (χ1v) is 10.2. The van der Waals surface area contributed by atoms with Gasteiger partial charge < -0.3 is 5.32 Å². The van der Waals surface area contributed by atoms with Crippen LogP contribution in [0.4, 0.5) is 5.69 Å². The highest BCUT2D eigenvalue weighted by Gasteiger charge is 2.27. The molecule has 0 unspecified atom stereocenters. The molecule has 0 atom stereocenters. The number of amides is 1. The molecule has 6 heteroatoms. The molecule has 0 fully saturated rings. The van der Waals surface area contributed by atoms with E-state index in [1.165, 1.54) is 4.31 Å². The van der Waals surface area contributed by atoms with Gasteiger partial charge in [0.25, 0.3) is 10.0 Å². The number of benzene rings is 2. The van der Waals surface area contributed by atoms with Gasteiger partial charge in [0.1, 0.15) is 6.54 Å². The van der Waals surface area contributed by atoms with Crippen LogP contribution in [0.25, 0.3) is 0 Å². The van der Waals surface area contributed by atoms with Crippen LogP contribution >= 0.6 is 0 Å². The third-order valence-corrected chi connectivity index (χ3v) is 6.04. The van der Waals surface area contributed by atoms with E-state index in [-0.39, 0.29) is 17.3 Å². The lowest BCUT2D eigenvalue weighted by Gasteiger charge is -2.24. The first-order chi connectivity index (χ1) is 12.4. The van der Waals surface area contributed by atoms with Gasteiger partial charge in [-0.1, -0.05) is 37.6 Å². The third kappa shape index (κ3) is 4.85. The van der Waals surface area contributed by atoms with E-state index in [9.17, 15) is 13.2 Å². The number of nitrogens with zero attached hydrogens (tertiary/aromatic N) is 1. The SMILES string of the molecule is CCCCNC(=O)CN(c1ccc(C)c(C)c1)S(=O)(=O)c1ccccc1. The second kappa shape index (κ2) is 8.85. The van der Waals surface area contributed by atoms with Crippen molar-refractivity contribution in [3.8, 4) is 0 Å². The molecule has 2 aromatic carbocycles. The topological polar surface area (TPSA) is 66.5 Å². The fourth-order valence-electron chi connectivity index (χ4n) is 2.51. The number of nitrogens with one attached hydrogen (secondary N) is 1. The van der Waals surface area contributed by atoms with Crippen LogP contribution in [0.3, 0.4) is 0 Å². The van der Waals surface area contributed by atoms with Gasteiger partial charge in [-0.05, 0) is 55.7 Å². The summed E-state index contributed by atoms with van der Waals surface area (Å²) in [7, 11) is -3.84. The maximum Gasteiger partial charge on any atom is 0.264 e. The molecule has 2 aromatic rings. The Bertz CT molecular complexity index is 849. The average Bonchev–Trinajstić information content (AvgIpc) is 2.63. The third-order valence-electron chi connectivity index (χ3n) is 4.25. The van der Waals surface area contributed by atoms with Crippen LogP contribution < -0.4 is 9.62 Å². The Balaban J connectivity index is 2.38. The number of carbonyl (C=O) groups is 1. The van der Waals surface area contributed by atoms with Crippen molar-refractivity contribution in [2.45, 2.75) is 38.5 Å². The molecule has 1 N–H and O–H groups in total. The van der Waals surface area contributed by atoms with Crippen molar-refractivity contribution in [1.29, 1.82) is 0 Å². The Morgan fingerprint density at radius 2 is 1.73 bits per heavy atom. The van der Waals surface area contributed by atoms with Crippen molar-refractivity contribution in [3.63, 3.8) is 0 Å². The smallest absolute Gasteiger partial charge is 0.264 e. The highest BCUT2D eigenvalue weighted by molar-refractivity contribution is 7.92. The maximum atomic E-state index is 13.1. The molecule has 26 heavy (non-hydrogen) atoms. The van der Waals surface area contributed by atoms with Gasteiger partial charge in [-0.25, -0.2) is 8.42 Å².